The minimum Gasteiger partial charge on any atom is -0.550 e. The first-order chi connectivity index (χ1) is 7.56. The van der Waals surface area contributed by atoms with Gasteiger partial charge in [-0.25, -0.2) is 4.79 Å². The number of aromatic hydroxyl groups is 1. The Hall–Kier alpha value is -2.30. The van der Waals surface area contributed by atoms with E-state index in [9.17, 15) is 19.8 Å². The number of aliphatic carboxylic acids is 1. The second-order valence-corrected chi connectivity index (χ2v) is 3.32. The molecule has 16 heavy (non-hydrogen) atoms. The number of carboxylic acids is 1. The van der Waals surface area contributed by atoms with E-state index in [0.717, 1.165) is 6.07 Å². The van der Waals surface area contributed by atoms with E-state index in [1.807, 2.05) is 0 Å². The van der Waals surface area contributed by atoms with Crippen LogP contribution in [0.4, 0.5) is 0 Å². The van der Waals surface area contributed by atoms with Crippen LogP contribution >= 0.6 is 0 Å². The molecule has 0 fully saturated rings. The first kappa shape index (κ1) is 10.2. The van der Waals surface area contributed by atoms with E-state index >= 15 is 0 Å². The zero-order valence-electron chi connectivity index (χ0n) is 8.10. The number of fused-ring (bicyclic) bond motifs is 1. The van der Waals surface area contributed by atoms with Crippen LogP contribution in [0, 0.1) is 0 Å². The summed E-state index contributed by atoms with van der Waals surface area (Å²) in [5.74, 6) is -1.33. The third-order valence-corrected chi connectivity index (χ3v) is 2.15. The molecule has 0 unspecified atom stereocenters. The molecule has 1 aromatic carbocycles. The molecule has 0 aliphatic rings. The van der Waals surface area contributed by atoms with Crippen molar-refractivity contribution in [2.75, 3.05) is 0 Å². The molecule has 0 atom stereocenters. The van der Waals surface area contributed by atoms with Crippen molar-refractivity contribution in [2.24, 2.45) is 0 Å². The quantitative estimate of drug-likeness (QED) is 0.706. The summed E-state index contributed by atoms with van der Waals surface area (Å²) < 4.78 is 4.84. The molecule has 82 valence electrons. The number of rotatable bonds is 2. The number of phenolic OH excluding ortho intramolecular Hbond substituents is 1. The first-order valence-electron chi connectivity index (χ1n) is 4.52. The molecule has 0 saturated carbocycles. The van der Waals surface area contributed by atoms with Crippen molar-refractivity contribution >= 4 is 16.9 Å². The molecule has 1 aromatic heterocycles. The molecule has 0 aliphatic carbocycles. The maximum atomic E-state index is 11.1. The average molecular weight is 219 g/mol. The molecule has 2 rings (SSSR count). The Morgan fingerprint density at radius 1 is 1.38 bits per heavy atom. The molecule has 1 heterocycles. The maximum Gasteiger partial charge on any atom is 0.336 e. The van der Waals surface area contributed by atoms with Crippen molar-refractivity contribution in [2.45, 2.75) is 6.42 Å². The van der Waals surface area contributed by atoms with E-state index in [-0.39, 0.29) is 17.8 Å². The summed E-state index contributed by atoms with van der Waals surface area (Å²) in [5.41, 5.74) is -0.190. The molecule has 5 heteroatoms. The lowest BCUT2D eigenvalue weighted by Gasteiger charge is -2.05. The molecule has 0 bridgehead atoms. The highest BCUT2D eigenvalue weighted by Crippen LogP contribution is 2.21. The number of phenols is 1. The molecule has 5 nitrogen and oxygen atoms in total. The van der Waals surface area contributed by atoms with Crippen LogP contribution in [0.15, 0.2) is 33.5 Å². The van der Waals surface area contributed by atoms with Crippen LogP contribution in [0.1, 0.15) is 5.56 Å². The number of carbonyl (C=O) groups is 1. The molecular formula is C11H7O5-. The van der Waals surface area contributed by atoms with Gasteiger partial charge in [-0.2, -0.15) is 0 Å². The van der Waals surface area contributed by atoms with Gasteiger partial charge in [-0.15, -0.1) is 0 Å². The number of hydrogen-bond donors (Lipinski definition) is 1. The number of carboxylic acid groups (broad SMARTS) is 1. The fraction of sp³-hybridized carbons (Fsp3) is 0.0909. The summed E-state index contributed by atoms with van der Waals surface area (Å²) in [6.07, 6.45) is -0.368. The lowest BCUT2D eigenvalue weighted by Crippen LogP contribution is -2.24. The van der Waals surface area contributed by atoms with Crippen molar-refractivity contribution < 1.29 is 19.4 Å². The normalized spacial score (nSPS) is 10.5. The third kappa shape index (κ3) is 1.88. The topological polar surface area (TPSA) is 90.6 Å². The van der Waals surface area contributed by atoms with E-state index in [2.05, 4.69) is 0 Å². The fourth-order valence-electron chi connectivity index (χ4n) is 1.52. The largest absolute Gasteiger partial charge is 0.550 e. The Labute approximate surface area is 89.6 Å². The van der Waals surface area contributed by atoms with Crippen LogP contribution in [0.3, 0.4) is 0 Å². The van der Waals surface area contributed by atoms with Crippen molar-refractivity contribution in [1.29, 1.82) is 0 Å². The predicted octanol–water partition coefficient (Wildman–Crippen LogP) is -0.209. The van der Waals surface area contributed by atoms with Crippen LogP contribution in [0.25, 0.3) is 11.0 Å². The zero-order chi connectivity index (χ0) is 11.7. The van der Waals surface area contributed by atoms with Gasteiger partial charge in [0.15, 0.2) is 0 Å². The molecule has 0 saturated heterocycles. The van der Waals surface area contributed by atoms with E-state index in [1.54, 1.807) is 0 Å². The molecule has 0 radical (unpaired) electrons. The van der Waals surface area contributed by atoms with Gasteiger partial charge in [0.25, 0.3) is 0 Å². The van der Waals surface area contributed by atoms with Gasteiger partial charge in [0.05, 0.1) is 0 Å². The molecule has 0 spiro atoms. The van der Waals surface area contributed by atoms with E-state index in [1.165, 1.54) is 18.2 Å². The Morgan fingerprint density at radius 3 is 2.81 bits per heavy atom. The van der Waals surface area contributed by atoms with Gasteiger partial charge in [-0.3, -0.25) is 0 Å². The lowest BCUT2D eigenvalue weighted by atomic mass is 10.1. The van der Waals surface area contributed by atoms with Crippen LogP contribution in [0.2, 0.25) is 0 Å². The highest BCUT2D eigenvalue weighted by Gasteiger charge is 2.06. The summed E-state index contributed by atoms with van der Waals surface area (Å²) in [7, 11) is 0. The van der Waals surface area contributed by atoms with Crippen molar-refractivity contribution in [3.8, 4) is 5.75 Å². The maximum absolute atomic E-state index is 11.1. The molecule has 2 aromatic rings. The summed E-state index contributed by atoms with van der Waals surface area (Å²) in [4.78, 5) is 21.6. The minimum absolute atomic E-state index is 0.0544. The molecular weight excluding hydrogens is 212 g/mol. The van der Waals surface area contributed by atoms with Crippen molar-refractivity contribution in [3.63, 3.8) is 0 Å². The first-order valence-corrected chi connectivity index (χ1v) is 4.52. The fourth-order valence-corrected chi connectivity index (χ4v) is 1.52. The zero-order valence-corrected chi connectivity index (χ0v) is 8.10. The Kier molecular flexibility index (Phi) is 2.36. The van der Waals surface area contributed by atoms with E-state index < -0.39 is 11.6 Å². The van der Waals surface area contributed by atoms with Gasteiger partial charge in [0.2, 0.25) is 0 Å². The van der Waals surface area contributed by atoms with E-state index in [4.69, 9.17) is 4.42 Å². The standard InChI is InChI=1S/C11H8O5/c12-7-1-2-8-6(3-10(13)14)4-11(15)16-9(8)5-7/h1-2,4-5,12H,3H2,(H,13,14)/p-1. The summed E-state index contributed by atoms with van der Waals surface area (Å²) >= 11 is 0. The number of carbonyl (C=O) groups excluding carboxylic acids is 1. The van der Waals surface area contributed by atoms with Gasteiger partial charge < -0.3 is 19.4 Å². The molecule has 0 amide bonds. The van der Waals surface area contributed by atoms with Gasteiger partial charge in [-0.1, -0.05) is 0 Å². The lowest BCUT2D eigenvalue weighted by molar-refractivity contribution is -0.304. The average Bonchev–Trinajstić information content (AvgIpc) is 2.15. The number of hydrogen-bond acceptors (Lipinski definition) is 5. The Bertz CT molecular complexity index is 611. The SMILES string of the molecule is O=C([O-])Cc1cc(=O)oc2cc(O)ccc12. The molecule has 1 N–H and O–H groups in total. The summed E-state index contributed by atoms with van der Waals surface area (Å²) in [6, 6.07) is 5.25. The number of benzene rings is 1. The summed E-state index contributed by atoms with van der Waals surface area (Å²) in [5, 5.41) is 20.2. The minimum atomic E-state index is -1.28. The van der Waals surface area contributed by atoms with Gasteiger partial charge in [-0.05, 0) is 17.7 Å². The van der Waals surface area contributed by atoms with Gasteiger partial charge in [0.1, 0.15) is 11.3 Å². The van der Waals surface area contributed by atoms with E-state index in [0.29, 0.717) is 10.9 Å². The van der Waals surface area contributed by atoms with Crippen molar-refractivity contribution in [3.05, 3.63) is 40.2 Å². The van der Waals surface area contributed by atoms with Crippen LogP contribution in [0.5, 0.6) is 5.75 Å². The smallest absolute Gasteiger partial charge is 0.336 e. The highest BCUT2D eigenvalue weighted by atomic mass is 16.4. The third-order valence-electron chi connectivity index (χ3n) is 2.15. The van der Waals surface area contributed by atoms with Gasteiger partial charge >= 0.3 is 5.63 Å². The van der Waals surface area contributed by atoms with Crippen molar-refractivity contribution in [1.82, 2.24) is 0 Å². The van der Waals surface area contributed by atoms with Gasteiger partial charge in [0, 0.05) is 29.9 Å². The summed E-state index contributed by atoms with van der Waals surface area (Å²) in [6.45, 7) is 0. The Morgan fingerprint density at radius 2 is 2.12 bits per heavy atom. The monoisotopic (exact) mass is 219 g/mol. The van der Waals surface area contributed by atoms with Crippen LogP contribution < -0.4 is 10.7 Å². The molecule has 0 aliphatic heterocycles. The second-order valence-electron chi connectivity index (χ2n) is 3.32. The predicted molar refractivity (Wildman–Crippen MR) is 52.9 cm³/mol. The second kappa shape index (κ2) is 3.69. The van der Waals surface area contributed by atoms with Crippen LogP contribution in [-0.4, -0.2) is 11.1 Å². The highest BCUT2D eigenvalue weighted by molar-refractivity contribution is 5.84. The van der Waals surface area contributed by atoms with Crippen LogP contribution in [-0.2, 0) is 11.2 Å². The Balaban J connectivity index is 2.72.